The van der Waals surface area contributed by atoms with Crippen LogP contribution < -0.4 is 5.32 Å². The van der Waals surface area contributed by atoms with Crippen molar-refractivity contribution in [3.8, 4) is 0 Å². The Morgan fingerprint density at radius 2 is 2.00 bits per heavy atom. The molecule has 0 saturated carbocycles. The van der Waals surface area contributed by atoms with Crippen molar-refractivity contribution in [1.29, 1.82) is 0 Å². The van der Waals surface area contributed by atoms with Gasteiger partial charge in [-0.05, 0) is 43.0 Å². The highest BCUT2D eigenvalue weighted by molar-refractivity contribution is 5.85. The number of fused-ring (bicyclic) bond motifs is 1. The lowest BCUT2D eigenvalue weighted by molar-refractivity contribution is 0.173. The summed E-state index contributed by atoms with van der Waals surface area (Å²) in [5.74, 6) is 0. The Morgan fingerprint density at radius 1 is 1.24 bits per heavy atom. The van der Waals surface area contributed by atoms with E-state index in [-0.39, 0.29) is 12.4 Å². The van der Waals surface area contributed by atoms with Crippen LogP contribution in [-0.4, -0.2) is 31.1 Å². The van der Waals surface area contributed by atoms with Crippen LogP contribution in [0.3, 0.4) is 0 Å². The molecule has 1 aromatic rings. The minimum atomic E-state index is 0. The first kappa shape index (κ1) is 12.9. The summed E-state index contributed by atoms with van der Waals surface area (Å²) < 4.78 is 0. The molecule has 3 rings (SSSR count). The summed E-state index contributed by atoms with van der Waals surface area (Å²) in [5, 5.41) is 3.33. The van der Waals surface area contributed by atoms with Gasteiger partial charge in [0.2, 0.25) is 0 Å². The molecule has 0 unspecified atom stereocenters. The third kappa shape index (κ3) is 2.65. The SMILES string of the molecule is CN(Cc1ccc2c(c1)CCC2)C1CNC1.Cl. The van der Waals surface area contributed by atoms with Crippen LogP contribution in [0.4, 0.5) is 0 Å². The Kier molecular flexibility index (Phi) is 4.08. The first-order chi connectivity index (χ1) is 7.83. The third-order valence-electron chi connectivity index (χ3n) is 3.98. The normalized spacial score (nSPS) is 18.7. The molecule has 1 fully saturated rings. The van der Waals surface area contributed by atoms with Gasteiger partial charge in [-0.25, -0.2) is 0 Å². The lowest BCUT2D eigenvalue weighted by atomic mass is 10.0. The summed E-state index contributed by atoms with van der Waals surface area (Å²) in [6.45, 7) is 3.41. The van der Waals surface area contributed by atoms with Gasteiger partial charge in [-0.1, -0.05) is 18.2 Å². The second-order valence-electron chi connectivity index (χ2n) is 5.18. The maximum atomic E-state index is 3.33. The Hall–Kier alpha value is -0.570. The molecule has 2 nitrogen and oxygen atoms in total. The second-order valence-corrected chi connectivity index (χ2v) is 5.18. The molecule has 1 aliphatic carbocycles. The Balaban J connectivity index is 0.00000108. The van der Waals surface area contributed by atoms with Gasteiger partial charge < -0.3 is 5.32 Å². The summed E-state index contributed by atoms with van der Waals surface area (Å²) in [5.41, 5.74) is 4.66. The predicted octanol–water partition coefficient (Wildman–Crippen LogP) is 2.00. The molecular formula is C14H21ClN2. The van der Waals surface area contributed by atoms with Gasteiger partial charge in [0.05, 0.1) is 0 Å². The molecule has 0 atom stereocenters. The number of rotatable bonds is 3. The van der Waals surface area contributed by atoms with Crippen molar-refractivity contribution in [2.75, 3.05) is 20.1 Å². The maximum absolute atomic E-state index is 3.33. The molecule has 0 radical (unpaired) electrons. The molecule has 1 heterocycles. The summed E-state index contributed by atoms with van der Waals surface area (Å²) >= 11 is 0. The number of aryl methyl sites for hydroxylation is 2. The van der Waals surface area contributed by atoms with Crippen molar-refractivity contribution in [3.63, 3.8) is 0 Å². The van der Waals surface area contributed by atoms with E-state index in [0.717, 1.165) is 25.7 Å². The van der Waals surface area contributed by atoms with Crippen molar-refractivity contribution in [3.05, 3.63) is 34.9 Å². The van der Waals surface area contributed by atoms with E-state index in [2.05, 4.69) is 35.5 Å². The molecule has 0 amide bonds. The van der Waals surface area contributed by atoms with Crippen molar-refractivity contribution in [2.24, 2.45) is 0 Å². The largest absolute Gasteiger partial charge is 0.314 e. The van der Waals surface area contributed by atoms with E-state index in [1.165, 1.54) is 24.8 Å². The van der Waals surface area contributed by atoms with Crippen molar-refractivity contribution in [1.82, 2.24) is 10.2 Å². The molecule has 94 valence electrons. The molecule has 1 saturated heterocycles. The molecule has 1 aliphatic heterocycles. The summed E-state index contributed by atoms with van der Waals surface area (Å²) in [7, 11) is 2.23. The highest BCUT2D eigenvalue weighted by Crippen LogP contribution is 2.23. The molecule has 1 N–H and O–H groups in total. The van der Waals surface area contributed by atoms with Gasteiger partial charge >= 0.3 is 0 Å². The zero-order valence-electron chi connectivity index (χ0n) is 10.4. The first-order valence-electron chi connectivity index (χ1n) is 6.34. The molecule has 3 heteroatoms. The number of nitrogens with one attached hydrogen (secondary N) is 1. The third-order valence-corrected chi connectivity index (χ3v) is 3.98. The summed E-state index contributed by atoms with van der Waals surface area (Å²) in [4.78, 5) is 2.47. The summed E-state index contributed by atoms with van der Waals surface area (Å²) in [6, 6.07) is 7.82. The number of hydrogen-bond acceptors (Lipinski definition) is 2. The van der Waals surface area contributed by atoms with Gasteiger partial charge in [0.15, 0.2) is 0 Å². The average Bonchev–Trinajstić information content (AvgIpc) is 2.61. The lowest BCUT2D eigenvalue weighted by Crippen LogP contribution is -2.55. The maximum Gasteiger partial charge on any atom is 0.0345 e. The van der Waals surface area contributed by atoms with E-state index in [9.17, 15) is 0 Å². The van der Waals surface area contributed by atoms with Gasteiger partial charge in [-0.2, -0.15) is 0 Å². The van der Waals surface area contributed by atoms with Gasteiger partial charge in [-0.3, -0.25) is 4.90 Å². The van der Waals surface area contributed by atoms with Crippen LogP contribution in [0, 0.1) is 0 Å². The topological polar surface area (TPSA) is 15.3 Å². The van der Waals surface area contributed by atoms with Crippen LogP contribution >= 0.6 is 12.4 Å². The minimum Gasteiger partial charge on any atom is -0.314 e. The fourth-order valence-corrected chi connectivity index (χ4v) is 2.73. The lowest BCUT2D eigenvalue weighted by Gasteiger charge is -2.35. The van der Waals surface area contributed by atoms with Gasteiger partial charge in [0.1, 0.15) is 0 Å². The number of halogens is 1. The van der Waals surface area contributed by atoms with Crippen molar-refractivity contribution in [2.45, 2.75) is 31.8 Å². The highest BCUT2D eigenvalue weighted by atomic mass is 35.5. The molecular weight excluding hydrogens is 232 g/mol. The van der Waals surface area contributed by atoms with Crippen LogP contribution in [0.25, 0.3) is 0 Å². The van der Waals surface area contributed by atoms with E-state index in [1.54, 1.807) is 11.1 Å². The van der Waals surface area contributed by atoms with Crippen LogP contribution in [0.15, 0.2) is 18.2 Å². The predicted molar refractivity (Wildman–Crippen MR) is 73.8 cm³/mol. The van der Waals surface area contributed by atoms with Crippen molar-refractivity contribution < 1.29 is 0 Å². The second kappa shape index (κ2) is 5.38. The zero-order valence-corrected chi connectivity index (χ0v) is 11.2. The number of benzene rings is 1. The van der Waals surface area contributed by atoms with Crippen LogP contribution in [0.2, 0.25) is 0 Å². The highest BCUT2D eigenvalue weighted by Gasteiger charge is 2.21. The molecule has 0 aromatic heterocycles. The fraction of sp³-hybridized carbons (Fsp3) is 0.571. The van der Waals surface area contributed by atoms with E-state index in [4.69, 9.17) is 0 Å². The van der Waals surface area contributed by atoms with E-state index >= 15 is 0 Å². The van der Waals surface area contributed by atoms with Gasteiger partial charge in [-0.15, -0.1) is 12.4 Å². The van der Waals surface area contributed by atoms with E-state index in [1.807, 2.05) is 0 Å². The Labute approximate surface area is 110 Å². The van der Waals surface area contributed by atoms with Gasteiger partial charge in [0.25, 0.3) is 0 Å². The average molecular weight is 253 g/mol. The van der Waals surface area contributed by atoms with Crippen LogP contribution in [0.5, 0.6) is 0 Å². The van der Waals surface area contributed by atoms with Gasteiger partial charge in [0, 0.05) is 25.7 Å². The fourth-order valence-electron chi connectivity index (χ4n) is 2.73. The van der Waals surface area contributed by atoms with E-state index < -0.39 is 0 Å². The summed E-state index contributed by atoms with van der Waals surface area (Å²) in [6.07, 6.45) is 3.93. The van der Waals surface area contributed by atoms with Crippen molar-refractivity contribution >= 4 is 12.4 Å². The van der Waals surface area contributed by atoms with E-state index in [0.29, 0.717) is 0 Å². The standard InChI is InChI=1S/C14H20N2.ClH/c1-16(14-8-15-9-14)10-11-5-6-12-3-2-4-13(12)7-11;/h5-7,14-15H,2-4,8-10H2,1H3;1H. The molecule has 17 heavy (non-hydrogen) atoms. The molecule has 0 spiro atoms. The monoisotopic (exact) mass is 252 g/mol. The molecule has 0 bridgehead atoms. The number of likely N-dealkylation sites (N-methyl/N-ethyl adjacent to an activating group) is 1. The Bertz CT molecular complexity index is 388. The molecule has 2 aliphatic rings. The Morgan fingerprint density at radius 3 is 2.71 bits per heavy atom. The molecule has 1 aromatic carbocycles. The first-order valence-corrected chi connectivity index (χ1v) is 6.34. The number of hydrogen-bond donors (Lipinski definition) is 1. The smallest absolute Gasteiger partial charge is 0.0345 e. The quantitative estimate of drug-likeness (QED) is 0.885. The van der Waals surface area contributed by atoms with Crippen LogP contribution in [-0.2, 0) is 19.4 Å². The zero-order chi connectivity index (χ0) is 11.0. The minimum absolute atomic E-state index is 0. The number of nitrogens with zero attached hydrogens (tertiary/aromatic N) is 1. The van der Waals surface area contributed by atoms with Crippen LogP contribution in [0.1, 0.15) is 23.1 Å².